The van der Waals surface area contributed by atoms with E-state index in [9.17, 15) is 5.11 Å². The monoisotopic (exact) mass is 628 g/mol. The standard InChI is InChI=1S/C44H28N4O/c49-39-24-23-36(37-16-9-25-45-41(37)39)40-35-15-8-7-14-33(35)26-34-22-21-32(27-38(34)40)28-17-19-31(20-18-28)44-47-42(29-10-3-1-4-11-29)46-43(48-44)30-12-5-2-6-13-30/h1-27,49H. The Bertz CT molecular complexity index is 2600. The molecule has 49 heavy (non-hydrogen) atoms. The van der Waals surface area contributed by atoms with E-state index in [4.69, 9.17) is 15.0 Å². The normalized spacial score (nSPS) is 11.3. The van der Waals surface area contributed by atoms with Crippen LogP contribution in [0.4, 0.5) is 0 Å². The van der Waals surface area contributed by atoms with Gasteiger partial charge in [0, 0.05) is 28.3 Å². The van der Waals surface area contributed by atoms with Crippen molar-refractivity contribution in [2.24, 2.45) is 0 Å². The minimum Gasteiger partial charge on any atom is -0.506 e. The van der Waals surface area contributed by atoms with Crippen LogP contribution in [0.1, 0.15) is 0 Å². The number of aromatic hydroxyl groups is 1. The van der Waals surface area contributed by atoms with Crippen molar-refractivity contribution in [2.75, 3.05) is 0 Å². The van der Waals surface area contributed by atoms with Crippen LogP contribution in [-0.2, 0) is 0 Å². The molecule has 0 radical (unpaired) electrons. The van der Waals surface area contributed by atoms with Crippen molar-refractivity contribution in [1.29, 1.82) is 0 Å². The summed E-state index contributed by atoms with van der Waals surface area (Å²) in [6.07, 6.45) is 1.72. The molecule has 2 aromatic heterocycles. The van der Waals surface area contributed by atoms with Crippen molar-refractivity contribution in [3.8, 4) is 62.2 Å². The number of rotatable bonds is 5. The molecule has 230 valence electrons. The van der Waals surface area contributed by atoms with Crippen molar-refractivity contribution >= 4 is 32.4 Å². The van der Waals surface area contributed by atoms with Crippen LogP contribution in [0.15, 0.2) is 164 Å². The van der Waals surface area contributed by atoms with E-state index in [1.807, 2.05) is 78.9 Å². The Kier molecular flexibility index (Phi) is 6.87. The molecular weight excluding hydrogens is 601 g/mol. The van der Waals surface area contributed by atoms with Crippen LogP contribution in [0.2, 0.25) is 0 Å². The molecule has 7 aromatic carbocycles. The number of phenols is 1. The smallest absolute Gasteiger partial charge is 0.164 e. The highest BCUT2D eigenvalue weighted by atomic mass is 16.3. The molecule has 0 atom stereocenters. The number of hydrogen-bond acceptors (Lipinski definition) is 5. The average Bonchev–Trinajstić information content (AvgIpc) is 3.18. The first kappa shape index (κ1) is 28.5. The Morgan fingerprint density at radius 1 is 0.388 bits per heavy atom. The van der Waals surface area contributed by atoms with Gasteiger partial charge in [0.25, 0.3) is 0 Å². The molecule has 9 rings (SSSR count). The van der Waals surface area contributed by atoms with E-state index in [0.29, 0.717) is 23.0 Å². The zero-order valence-corrected chi connectivity index (χ0v) is 26.3. The van der Waals surface area contributed by atoms with Crippen molar-refractivity contribution in [3.63, 3.8) is 0 Å². The summed E-state index contributed by atoms with van der Waals surface area (Å²) in [5.41, 5.74) is 7.73. The van der Waals surface area contributed by atoms with Crippen LogP contribution in [0.3, 0.4) is 0 Å². The molecule has 0 spiro atoms. The third kappa shape index (κ3) is 5.14. The number of hydrogen-bond donors (Lipinski definition) is 1. The zero-order chi connectivity index (χ0) is 32.7. The van der Waals surface area contributed by atoms with Crippen molar-refractivity contribution in [2.45, 2.75) is 0 Å². The number of pyridine rings is 1. The summed E-state index contributed by atoms with van der Waals surface area (Å²) in [6, 6.07) is 53.5. The first-order chi connectivity index (χ1) is 24.2. The Morgan fingerprint density at radius 3 is 1.63 bits per heavy atom. The molecule has 5 nitrogen and oxygen atoms in total. The summed E-state index contributed by atoms with van der Waals surface area (Å²) in [5.74, 6) is 2.08. The van der Waals surface area contributed by atoms with E-state index in [1.54, 1.807) is 12.3 Å². The van der Waals surface area contributed by atoms with Crippen molar-refractivity contribution in [1.82, 2.24) is 19.9 Å². The Morgan fingerprint density at radius 2 is 0.939 bits per heavy atom. The van der Waals surface area contributed by atoms with Gasteiger partial charge in [-0.3, -0.25) is 4.98 Å². The number of benzene rings is 7. The fourth-order valence-electron chi connectivity index (χ4n) is 6.66. The molecule has 9 aromatic rings. The average molecular weight is 629 g/mol. The van der Waals surface area contributed by atoms with Gasteiger partial charge in [0.15, 0.2) is 17.5 Å². The van der Waals surface area contributed by atoms with Gasteiger partial charge in [-0.15, -0.1) is 0 Å². The predicted molar refractivity (Wildman–Crippen MR) is 199 cm³/mol. The number of fused-ring (bicyclic) bond motifs is 3. The minimum absolute atomic E-state index is 0.176. The molecule has 0 amide bonds. The Hall–Kier alpha value is -6.72. The summed E-state index contributed by atoms with van der Waals surface area (Å²) in [4.78, 5) is 19.1. The van der Waals surface area contributed by atoms with E-state index in [1.165, 1.54) is 0 Å². The largest absolute Gasteiger partial charge is 0.506 e. The second kappa shape index (κ2) is 11.8. The summed E-state index contributed by atoms with van der Waals surface area (Å²) < 4.78 is 0. The molecule has 0 bridgehead atoms. The Balaban J connectivity index is 1.18. The van der Waals surface area contributed by atoms with Gasteiger partial charge in [-0.05, 0) is 74.1 Å². The van der Waals surface area contributed by atoms with E-state index in [-0.39, 0.29) is 5.75 Å². The first-order valence-electron chi connectivity index (χ1n) is 16.2. The van der Waals surface area contributed by atoms with Crippen LogP contribution in [-0.4, -0.2) is 25.0 Å². The highest BCUT2D eigenvalue weighted by Crippen LogP contribution is 2.42. The quantitative estimate of drug-likeness (QED) is 0.192. The highest BCUT2D eigenvalue weighted by Gasteiger charge is 2.16. The highest BCUT2D eigenvalue weighted by molar-refractivity contribution is 6.17. The van der Waals surface area contributed by atoms with Gasteiger partial charge < -0.3 is 5.11 Å². The molecule has 0 aliphatic heterocycles. The van der Waals surface area contributed by atoms with E-state index in [2.05, 4.69) is 77.8 Å². The second-order valence-corrected chi connectivity index (χ2v) is 12.1. The molecule has 0 saturated heterocycles. The Labute approximate surface area is 282 Å². The molecule has 0 unspecified atom stereocenters. The van der Waals surface area contributed by atoms with Crippen molar-refractivity contribution in [3.05, 3.63) is 164 Å². The van der Waals surface area contributed by atoms with Crippen LogP contribution >= 0.6 is 0 Å². The third-order valence-corrected chi connectivity index (χ3v) is 9.06. The van der Waals surface area contributed by atoms with Gasteiger partial charge in [-0.2, -0.15) is 0 Å². The molecule has 5 heteroatoms. The van der Waals surface area contributed by atoms with Gasteiger partial charge in [0.05, 0.1) is 0 Å². The van der Waals surface area contributed by atoms with Crippen LogP contribution in [0.25, 0.3) is 88.9 Å². The van der Waals surface area contributed by atoms with Gasteiger partial charge in [-0.1, -0.05) is 127 Å². The molecule has 0 fully saturated rings. The summed E-state index contributed by atoms with van der Waals surface area (Å²) in [5, 5.41) is 16.1. The molecule has 1 N–H and O–H groups in total. The first-order valence-corrected chi connectivity index (χ1v) is 16.2. The molecule has 2 heterocycles. The fourth-order valence-corrected chi connectivity index (χ4v) is 6.66. The maximum absolute atomic E-state index is 10.6. The van der Waals surface area contributed by atoms with Crippen LogP contribution < -0.4 is 0 Å². The summed E-state index contributed by atoms with van der Waals surface area (Å²) in [6.45, 7) is 0. The lowest BCUT2D eigenvalue weighted by molar-refractivity contribution is 0.480. The molecule has 0 saturated carbocycles. The molecule has 0 aliphatic carbocycles. The third-order valence-electron chi connectivity index (χ3n) is 9.06. The van der Waals surface area contributed by atoms with E-state index in [0.717, 1.165) is 65.9 Å². The second-order valence-electron chi connectivity index (χ2n) is 12.1. The lowest BCUT2D eigenvalue weighted by Gasteiger charge is -2.16. The maximum Gasteiger partial charge on any atom is 0.164 e. The minimum atomic E-state index is 0.176. The number of nitrogens with zero attached hydrogens (tertiary/aromatic N) is 4. The SMILES string of the molecule is Oc1ccc(-c2c3ccccc3cc3ccc(-c4ccc(-c5nc(-c6ccccc6)nc(-c6ccccc6)n5)cc4)cc23)c2cccnc12. The number of phenolic OH excluding ortho intramolecular Hbond substituents is 1. The lowest BCUT2D eigenvalue weighted by Crippen LogP contribution is -2.00. The van der Waals surface area contributed by atoms with Crippen LogP contribution in [0.5, 0.6) is 5.75 Å². The molecular formula is C44H28N4O. The topological polar surface area (TPSA) is 71.8 Å². The van der Waals surface area contributed by atoms with E-state index >= 15 is 0 Å². The fraction of sp³-hybridized carbons (Fsp3) is 0. The predicted octanol–water partition coefficient (Wildman–Crippen LogP) is 10.8. The van der Waals surface area contributed by atoms with Gasteiger partial charge in [0.1, 0.15) is 11.3 Å². The van der Waals surface area contributed by atoms with Gasteiger partial charge in [-0.25, -0.2) is 15.0 Å². The summed E-state index contributed by atoms with van der Waals surface area (Å²) in [7, 11) is 0. The lowest BCUT2D eigenvalue weighted by atomic mass is 9.88. The summed E-state index contributed by atoms with van der Waals surface area (Å²) >= 11 is 0. The van der Waals surface area contributed by atoms with Crippen molar-refractivity contribution < 1.29 is 5.11 Å². The van der Waals surface area contributed by atoms with Crippen LogP contribution in [0, 0.1) is 0 Å². The number of aromatic nitrogens is 4. The maximum atomic E-state index is 10.6. The van der Waals surface area contributed by atoms with E-state index < -0.39 is 0 Å². The zero-order valence-electron chi connectivity index (χ0n) is 26.3. The molecule has 0 aliphatic rings. The van der Waals surface area contributed by atoms with Gasteiger partial charge >= 0.3 is 0 Å². The van der Waals surface area contributed by atoms with Gasteiger partial charge in [0.2, 0.25) is 0 Å².